The van der Waals surface area contributed by atoms with Gasteiger partial charge in [-0.25, -0.2) is 8.78 Å². The fourth-order valence-corrected chi connectivity index (χ4v) is 3.18. The molecule has 1 aromatic heterocycles. The van der Waals surface area contributed by atoms with Gasteiger partial charge < -0.3 is 0 Å². The maximum atomic E-state index is 13.8. The standard InChI is InChI=1S/C13H6Br3F2NO/c14-6-3-9(16)13(19-5-6)11(20)4-7-10(17)2-1-8(15)12(7)18/h1-3,5H,4H2. The second-order valence-corrected chi connectivity index (χ2v) is 6.53. The van der Waals surface area contributed by atoms with Crippen LogP contribution in [0, 0.1) is 11.6 Å². The lowest BCUT2D eigenvalue weighted by atomic mass is 10.1. The Morgan fingerprint density at radius 3 is 2.50 bits per heavy atom. The Morgan fingerprint density at radius 2 is 1.85 bits per heavy atom. The zero-order valence-corrected chi connectivity index (χ0v) is 14.5. The molecule has 0 saturated carbocycles. The zero-order chi connectivity index (χ0) is 14.9. The Hall–Kier alpha value is -0.660. The number of hydrogen-bond acceptors (Lipinski definition) is 2. The van der Waals surface area contributed by atoms with Gasteiger partial charge in [0.2, 0.25) is 0 Å². The Bertz CT molecular complexity index is 692. The molecule has 0 unspecified atom stereocenters. The molecule has 1 aromatic carbocycles. The maximum Gasteiger partial charge on any atom is 0.186 e. The fraction of sp³-hybridized carbons (Fsp3) is 0.0769. The third-order valence-corrected chi connectivity index (χ3v) is 4.20. The molecule has 0 bridgehead atoms. The van der Waals surface area contributed by atoms with Crippen molar-refractivity contribution in [1.29, 1.82) is 0 Å². The van der Waals surface area contributed by atoms with Crippen molar-refractivity contribution in [3.63, 3.8) is 0 Å². The van der Waals surface area contributed by atoms with Crippen molar-refractivity contribution in [2.24, 2.45) is 0 Å². The fourth-order valence-electron chi connectivity index (χ4n) is 1.60. The first kappa shape index (κ1) is 15.7. The minimum absolute atomic E-state index is 0.115. The summed E-state index contributed by atoms with van der Waals surface area (Å²) in [5, 5.41) is 0. The summed E-state index contributed by atoms with van der Waals surface area (Å²) in [6.45, 7) is 0. The van der Waals surface area contributed by atoms with Crippen LogP contribution in [0.5, 0.6) is 0 Å². The summed E-state index contributed by atoms with van der Waals surface area (Å²) in [4.78, 5) is 16.1. The van der Waals surface area contributed by atoms with Crippen molar-refractivity contribution in [1.82, 2.24) is 4.98 Å². The first-order valence-corrected chi connectivity index (χ1v) is 7.74. The van der Waals surface area contributed by atoms with Crippen LogP contribution < -0.4 is 0 Å². The highest BCUT2D eigenvalue weighted by molar-refractivity contribution is 9.11. The minimum atomic E-state index is -0.772. The summed E-state index contributed by atoms with van der Waals surface area (Å²) in [6.07, 6.45) is 1.05. The van der Waals surface area contributed by atoms with Crippen LogP contribution in [-0.4, -0.2) is 10.8 Å². The lowest BCUT2D eigenvalue weighted by molar-refractivity contribution is 0.0985. The smallest absolute Gasteiger partial charge is 0.186 e. The predicted octanol–water partition coefficient (Wildman–Crippen LogP) is 5.07. The molecular weight excluding hydrogens is 464 g/mol. The molecule has 0 spiro atoms. The van der Waals surface area contributed by atoms with E-state index >= 15 is 0 Å². The first-order valence-electron chi connectivity index (χ1n) is 5.36. The summed E-state index contributed by atoms with van der Waals surface area (Å²) in [6, 6.07) is 4.01. The Balaban J connectivity index is 2.35. The van der Waals surface area contributed by atoms with Crippen LogP contribution in [-0.2, 0) is 6.42 Å². The number of pyridine rings is 1. The van der Waals surface area contributed by atoms with E-state index in [2.05, 4.69) is 52.8 Å². The van der Waals surface area contributed by atoms with Crippen LogP contribution in [0.25, 0.3) is 0 Å². The molecule has 0 fully saturated rings. The summed E-state index contributed by atoms with van der Waals surface area (Å²) >= 11 is 9.38. The van der Waals surface area contributed by atoms with Gasteiger partial charge in [-0.15, -0.1) is 0 Å². The summed E-state index contributed by atoms with van der Waals surface area (Å²) in [5.41, 5.74) is -0.145. The molecule has 0 aliphatic heterocycles. The Kier molecular flexibility index (Phi) is 5.04. The highest BCUT2D eigenvalue weighted by atomic mass is 79.9. The van der Waals surface area contributed by atoms with Crippen molar-refractivity contribution in [2.45, 2.75) is 6.42 Å². The number of ketones is 1. The van der Waals surface area contributed by atoms with Gasteiger partial charge in [-0.1, -0.05) is 0 Å². The number of rotatable bonds is 3. The monoisotopic (exact) mass is 467 g/mol. The molecule has 7 heteroatoms. The minimum Gasteiger partial charge on any atom is -0.292 e. The van der Waals surface area contributed by atoms with Crippen LogP contribution in [0.15, 0.2) is 37.8 Å². The van der Waals surface area contributed by atoms with E-state index in [-0.39, 0.29) is 15.7 Å². The molecule has 1 heterocycles. The molecule has 0 radical (unpaired) electrons. The van der Waals surface area contributed by atoms with Crippen LogP contribution >= 0.6 is 47.8 Å². The molecule has 0 aliphatic carbocycles. The molecule has 2 rings (SSSR count). The number of halogens is 5. The van der Waals surface area contributed by atoms with Gasteiger partial charge in [0, 0.05) is 27.1 Å². The lowest BCUT2D eigenvalue weighted by Crippen LogP contribution is -2.10. The number of aromatic nitrogens is 1. The highest BCUT2D eigenvalue weighted by Crippen LogP contribution is 2.25. The molecule has 0 N–H and O–H groups in total. The second kappa shape index (κ2) is 6.41. The number of nitrogens with zero attached hydrogens (tertiary/aromatic N) is 1. The third-order valence-electron chi connectivity index (χ3n) is 2.55. The molecule has 20 heavy (non-hydrogen) atoms. The predicted molar refractivity (Wildman–Crippen MR) is 81.7 cm³/mol. The van der Waals surface area contributed by atoms with Gasteiger partial charge in [-0.3, -0.25) is 9.78 Å². The van der Waals surface area contributed by atoms with Crippen molar-refractivity contribution >= 4 is 53.6 Å². The van der Waals surface area contributed by atoms with Gasteiger partial charge in [-0.2, -0.15) is 0 Å². The van der Waals surface area contributed by atoms with E-state index in [1.807, 2.05) is 0 Å². The topological polar surface area (TPSA) is 30.0 Å². The van der Waals surface area contributed by atoms with Gasteiger partial charge in [0.25, 0.3) is 0 Å². The van der Waals surface area contributed by atoms with Crippen LogP contribution in [0.1, 0.15) is 16.1 Å². The number of carbonyl (C=O) groups is 1. The Morgan fingerprint density at radius 1 is 1.15 bits per heavy atom. The van der Waals surface area contributed by atoms with E-state index in [0.29, 0.717) is 8.95 Å². The Labute approximate surface area is 139 Å². The van der Waals surface area contributed by atoms with Crippen LogP contribution in [0.2, 0.25) is 0 Å². The molecule has 0 atom stereocenters. The van der Waals surface area contributed by atoms with E-state index in [4.69, 9.17) is 0 Å². The van der Waals surface area contributed by atoms with Gasteiger partial charge in [-0.05, 0) is 66.0 Å². The van der Waals surface area contributed by atoms with Gasteiger partial charge in [0.1, 0.15) is 17.3 Å². The average Bonchev–Trinajstić information content (AvgIpc) is 2.39. The molecule has 104 valence electrons. The van der Waals surface area contributed by atoms with E-state index in [1.165, 1.54) is 12.3 Å². The quantitative estimate of drug-likeness (QED) is 0.464. The highest BCUT2D eigenvalue weighted by Gasteiger charge is 2.19. The largest absolute Gasteiger partial charge is 0.292 e. The molecule has 0 aliphatic rings. The normalized spacial score (nSPS) is 10.7. The summed E-state index contributed by atoms with van der Waals surface area (Å²) in [5.74, 6) is -2.00. The molecule has 2 aromatic rings. The number of carbonyl (C=O) groups excluding carboxylic acids is 1. The van der Waals surface area contributed by atoms with E-state index < -0.39 is 23.8 Å². The second-order valence-electron chi connectivity index (χ2n) is 3.91. The van der Waals surface area contributed by atoms with E-state index in [0.717, 1.165) is 6.07 Å². The zero-order valence-electron chi connectivity index (χ0n) is 9.76. The summed E-state index contributed by atoms with van der Waals surface area (Å²) in [7, 11) is 0. The van der Waals surface area contributed by atoms with Crippen molar-refractivity contribution in [3.05, 3.63) is 60.7 Å². The van der Waals surface area contributed by atoms with Gasteiger partial charge >= 0.3 is 0 Å². The first-order chi connectivity index (χ1) is 9.40. The number of hydrogen-bond donors (Lipinski definition) is 0. The van der Waals surface area contributed by atoms with Crippen molar-refractivity contribution in [3.8, 4) is 0 Å². The molecule has 0 amide bonds. The number of Topliss-reactive ketones (excluding diaryl/α,β-unsaturated/α-hetero) is 1. The van der Waals surface area contributed by atoms with Crippen LogP contribution in [0.3, 0.4) is 0 Å². The SMILES string of the molecule is O=C(Cc1c(F)ccc(Br)c1F)c1ncc(Br)cc1Br. The molecule has 2 nitrogen and oxygen atoms in total. The van der Waals surface area contributed by atoms with E-state index in [1.54, 1.807) is 6.07 Å². The lowest BCUT2D eigenvalue weighted by Gasteiger charge is -2.07. The molecular formula is C13H6Br3F2NO. The molecule has 0 saturated heterocycles. The van der Waals surface area contributed by atoms with Crippen molar-refractivity contribution < 1.29 is 13.6 Å². The number of benzene rings is 1. The van der Waals surface area contributed by atoms with E-state index in [9.17, 15) is 13.6 Å². The van der Waals surface area contributed by atoms with Crippen molar-refractivity contribution in [2.75, 3.05) is 0 Å². The maximum absolute atomic E-state index is 13.8. The third kappa shape index (κ3) is 3.32. The van der Waals surface area contributed by atoms with Gasteiger partial charge in [0.05, 0.1) is 4.47 Å². The van der Waals surface area contributed by atoms with Gasteiger partial charge in [0.15, 0.2) is 5.78 Å². The van der Waals surface area contributed by atoms with Crippen LogP contribution in [0.4, 0.5) is 8.78 Å². The average molecular weight is 470 g/mol. The summed E-state index contributed by atoms with van der Waals surface area (Å²) < 4.78 is 28.7.